The van der Waals surface area contributed by atoms with Crippen LogP contribution >= 0.6 is 15.9 Å². The van der Waals surface area contributed by atoms with E-state index in [1.54, 1.807) is 6.92 Å². The van der Waals surface area contributed by atoms with Crippen molar-refractivity contribution in [1.82, 2.24) is 4.72 Å². The first-order chi connectivity index (χ1) is 9.65. The Labute approximate surface area is 132 Å². The second-order valence-corrected chi connectivity index (χ2v) is 7.45. The number of sulfonamides is 1. The summed E-state index contributed by atoms with van der Waals surface area (Å²) in [6, 6.07) is 3.72. The van der Waals surface area contributed by atoms with Crippen molar-refractivity contribution in [1.29, 1.82) is 0 Å². The number of aliphatic hydroxyl groups is 1. The van der Waals surface area contributed by atoms with Crippen molar-refractivity contribution in [2.24, 2.45) is 0 Å². The first-order valence-corrected chi connectivity index (χ1v) is 8.60. The highest BCUT2D eigenvalue weighted by molar-refractivity contribution is 9.10. The van der Waals surface area contributed by atoms with Crippen LogP contribution in [-0.4, -0.2) is 36.7 Å². The molecule has 0 fully saturated rings. The van der Waals surface area contributed by atoms with Crippen LogP contribution in [0.5, 0.6) is 0 Å². The van der Waals surface area contributed by atoms with E-state index in [2.05, 4.69) is 20.7 Å². The Bertz CT molecular complexity index is 631. The van der Waals surface area contributed by atoms with Gasteiger partial charge in [-0.1, -0.05) is 6.92 Å². The molecule has 0 aromatic heterocycles. The van der Waals surface area contributed by atoms with Crippen LogP contribution in [0.3, 0.4) is 0 Å². The first kappa shape index (κ1) is 18.1. The minimum absolute atomic E-state index is 0.00515. The van der Waals surface area contributed by atoms with E-state index in [4.69, 9.17) is 10.2 Å². The first-order valence-electron chi connectivity index (χ1n) is 6.33. The third-order valence-electron chi connectivity index (χ3n) is 3.29. The lowest BCUT2D eigenvalue weighted by Gasteiger charge is -2.28. The molecule has 0 aliphatic carbocycles. The van der Waals surface area contributed by atoms with E-state index in [1.807, 2.05) is 6.92 Å². The maximum Gasteiger partial charge on any atom is 0.335 e. The Kier molecular flexibility index (Phi) is 5.92. The van der Waals surface area contributed by atoms with E-state index in [1.165, 1.54) is 18.2 Å². The number of aromatic carboxylic acids is 1. The molecule has 0 bridgehead atoms. The summed E-state index contributed by atoms with van der Waals surface area (Å²) in [5.74, 6) is -1.13. The molecule has 1 unspecified atom stereocenters. The van der Waals surface area contributed by atoms with Crippen molar-refractivity contribution in [2.45, 2.75) is 37.1 Å². The average molecular weight is 380 g/mol. The summed E-state index contributed by atoms with van der Waals surface area (Å²) in [5.41, 5.74) is -0.771. The zero-order chi connectivity index (χ0) is 16.3. The molecule has 8 heteroatoms. The SMILES string of the molecule is CCC(C)(CCO)NS(=O)(=O)c1ccc(C(=O)O)cc1Br. The topological polar surface area (TPSA) is 104 Å². The summed E-state index contributed by atoms with van der Waals surface area (Å²) in [5, 5.41) is 17.9. The minimum atomic E-state index is -3.83. The van der Waals surface area contributed by atoms with Crippen molar-refractivity contribution in [3.05, 3.63) is 28.2 Å². The Hall–Kier alpha value is -0.960. The molecule has 0 amide bonds. The number of carboxylic acid groups (broad SMARTS) is 1. The van der Waals surface area contributed by atoms with Crippen LogP contribution in [0.15, 0.2) is 27.6 Å². The average Bonchev–Trinajstić information content (AvgIpc) is 2.37. The van der Waals surface area contributed by atoms with Gasteiger partial charge in [-0.15, -0.1) is 0 Å². The monoisotopic (exact) mass is 379 g/mol. The van der Waals surface area contributed by atoms with Gasteiger partial charge in [0.25, 0.3) is 0 Å². The number of aliphatic hydroxyl groups excluding tert-OH is 1. The van der Waals surface area contributed by atoms with Crippen LogP contribution in [0.2, 0.25) is 0 Å². The van der Waals surface area contributed by atoms with E-state index >= 15 is 0 Å². The number of hydrogen-bond acceptors (Lipinski definition) is 4. The second kappa shape index (κ2) is 6.87. The highest BCUT2D eigenvalue weighted by atomic mass is 79.9. The Morgan fingerprint density at radius 1 is 1.43 bits per heavy atom. The van der Waals surface area contributed by atoms with Crippen LogP contribution in [-0.2, 0) is 10.0 Å². The molecule has 0 aliphatic heterocycles. The molecular weight excluding hydrogens is 362 g/mol. The van der Waals surface area contributed by atoms with E-state index in [-0.39, 0.29) is 28.0 Å². The largest absolute Gasteiger partial charge is 0.478 e. The molecule has 3 N–H and O–H groups in total. The Morgan fingerprint density at radius 2 is 2.05 bits per heavy atom. The molecule has 0 spiro atoms. The number of hydrogen-bond donors (Lipinski definition) is 3. The van der Waals surface area contributed by atoms with Crippen LogP contribution in [0, 0.1) is 0 Å². The molecule has 0 radical (unpaired) electrons. The number of halogens is 1. The van der Waals surface area contributed by atoms with E-state index < -0.39 is 21.5 Å². The summed E-state index contributed by atoms with van der Waals surface area (Å²) in [6.07, 6.45) is 0.797. The van der Waals surface area contributed by atoms with Gasteiger partial charge in [0, 0.05) is 16.6 Å². The Morgan fingerprint density at radius 3 is 2.48 bits per heavy atom. The Balaban J connectivity index is 3.17. The predicted molar refractivity (Wildman–Crippen MR) is 81.8 cm³/mol. The zero-order valence-corrected chi connectivity index (χ0v) is 14.2. The lowest BCUT2D eigenvalue weighted by atomic mass is 9.97. The van der Waals surface area contributed by atoms with Gasteiger partial charge >= 0.3 is 5.97 Å². The molecule has 1 atom stereocenters. The van der Waals surface area contributed by atoms with Crippen LogP contribution < -0.4 is 4.72 Å². The van der Waals surface area contributed by atoms with Gasteiger partial charge in [0.05, 0.1) is 10.5 Å². The van der Waals surface area contributed by atoms with Gasteiger partial charge in [-0.2, -0.15) is 0 Å². The van der Waals surface area contributed by atoms with Gasteiger partial charge in [-0.25, -0.2) is 17.9 Å². The number of nitrogens with one attached hydrogen (secondary N) is 1. The fourth-order valence-corrected chi connectivity index (χ4v) is 4.36. The smallest absolute Gasteiger partial charge is 0.335 e. The number of carboxylic acids is 1. The van der Waals surface area contributed by atoms with Gasteiger partial charge in [0.1, 0.15) is 0 Å². The summed E-state index contributed by atoms with van der Waals surface area (Å²) in [4.78, 5) is 10.8. The predicted octanol–water partition coefficient (Wildman–Crippen LogP) is 1.98. The molecule has 6 nitrogen and oxygen atoms in total. The molecule has 0 saturated carbocycles. The van der Waals surface area contributed by atoms with E-state index in [9.17, 15) is 13.2 Å². The third-order valence-corrected chi connectivity index (χ3v) is 5.91. The summed E-state index contributed by atoms with van der Waals surface area (Å²) in [7, 11) is -3.83. The summed E-state index contributed by atoms with van der Waals surface area (Å²) < 4.78 is 27.6. The number of carbonyl (C=O) groups is 1. The highest BCUT2D eigenvalue weighted by Gasteiger charge is 2.30. The van der Waals surface area contributed by atoms with Crippen molar-refractivity contribution < 1.29 is 23.4 Å². The lowest BCUT2D eigenvalue weighted by molar-refractivity contribution is 0.0696. The number of rotatable bonds is 7. The van der Waals surface area contributed by atoms with Crippen molar-refractivity contribution in [3.63, 3.8) is 0 Å². The molecule has 0 heterocycles. The maximum atomic E-state index is 12.4. The molecule has 0 saturated heterocycles. The highest BCUT2D eigenvalue weighted by Crippen LogP contribution is 2.26. The standard InChI is InChI=1S/C13H18BrNO5S/c1-3-13(2,6-7-16)15-21(19,20)11-5-4-9(12(17)18)8-10(11)14/h4-5,8,15-16H,3,6-7H2,1-2H3,(H,17,18). The number of benzene rings is 1. The van der Waals surface area contributed by atoms with Gasteiger partial charge in [-0.3, -0.25) is 0 Å². The van der Waals surface area contributed by atoms with E-state index in [0.29, 0.717) is 6.42 Å². The van der Waals surface area contributed by atoms with Crippen LogP contribution in [0.1, 0.15) is 37.0 Å². The minimum Gasteiger partial charge on any atom is -0.478 e. The van der Waals surface area contributed by atoms with Gasteiger partial charge in [0.2, 0.25) is 10.0 Å². The fourth-order valence-electron chi connectivity index (χ4n) is 1.78. The molecular formula is C13H18BrNO5S. The van der Waals surface area contributed by atoms with Gasteiger partial charge in [-0.05, 0) is 53.9 Å². The summed E-state index contributed by atoms with van der Waals surface area (Å²) >= 11 is 3.09. The van der Waals surface area contributed by atoms with E-state index in [0.717, 1.165) is 0 Å². The summed E-state index contributed by atoms with van der Waals surface area (Å²) in [6.45, 7) is 3.40. The van der Waals surface area contributed by atoms with Crippen molar-refractivity contribution in [2.75, 3.05) is 6.61 Å². The third kappa shape index (κ3) is 4.50. The van der Waals surface area contributed by atoms with Crippen molar-refractivity contribution in [3.8, 4) is 0 Å². The maximum absolute atomic E-state index is 12.4. The quantitative estimate of drug-likeness (QED) is 0.671. The van der Waals surface area contributed by atoms with Gasteiger partial charge in [0.15, 0.2) is 0 Å². The van der Waals surface area contributed by atoms with Crippen LogP contribution in [0.4, 0.5) is 0 Å². The molecule has 118 valence electrons. The molecule has 1 rings (SSSR count). The molecule has 1 aromatic carbocycles. The normalized spacial score (nSPS) is 14.7. The second-order valence-electron chi connectivity index (χ2n) is 4.94. The molecule has 0 aliphatic rings. The van der Waals surface area contributed by atoms with Crippen molar-refractivity contribution >= 4 is 31.9 Å². The van der Waals surface area contributed by atoms with Gasteiger partial charge < -0.3 is 10.2 Å². The zero-order valence-electron chi connectivity index (χ0n) is 11.8. The van der Waals surface area contributed by atoms with Crippen LogP contribution in [0.25, 0.3) is 0 Å². The fraction of sp³-hybridized carbons (Fsp3) is 0.462. The molecule has 1 aromatic rings. The molecule has 21 heavy (non-hydrogen) atoms. The lowest BCUT2D eigenvalue weighted by Crippen LogP contribution is -2.46.